The molecule has 0 spiro atoms. The third-order valence-electron chi connectivity index (χ3n) is 8.00. The molecule has 126 valence electrons. The van der Waals surface area contributed by atoms with Gasteiger partial charge in [-0.25, -0.2) is 4.79 Å². The molecule has 3 saturated carbocycles. The van der Waals surface area contributed by atoms with E-state index in [0.29, 0.717) is 23.2 Å². The van der Waals surface area contributed by atoms with Crippen LogP contribution in [-0.2, 0) is 4.79 Å². The van der Waals surface area contributed by atoms with Crippen LogP contribution in [0.3, 0.4) is 0 Å². The molecule has 0 aromatic carbocycles. The van der Waals surface area contributed by atoms with Crippen LogP contribution < -0.4 is 0 Å². The van der Waals surface area contributed by atoms with Crippen LogP contribution in [0.2, 0.25) is 0 Å². The molecule has 0 heterocycles. The number of aliphatic imine (C=N–C) groups is 1. The van der Waals surface area contributed by atoms with E-state index in [1.165, 1.54) is 32.1 Å². The molecule has 3 fully saturated rings. The van der Waals surface area contributed by atoms with Gasteiger partial charge >= 0.3 is 0 Å². The first-order valence-electron chi connectivity index (χ1n) is 9.66. The highest BCUT2D eigenvalue weighted by Gasteiger charge is 2.61. The van der Waals surface area contributed by atoms with Crippen LogP contribution in [0.1, 0.15) is 66.2 Å². The highest BCUT2D eigenvalue weighted by molar-refractivity contribution is 5.38. The van der Waals surface area contributed by atoms with Gasteiger partial charge in [0.15, 0.2) is 0 Å². The number of hydrogen-bond acceptors (Lipinski definition) is 2. The SMILES string of the molecule is CC1C[C@H]2CC(C)(C)CC3=CCC4(N=C=O)C(C)CCC1[C@H]4C32. The minimum absolute atomic E-state index is 0.146. The van der Waals surface area contributed by atoms with Crippen molar-refractivity contribution >= 4 is 6.08 Å². The zero-order chi connectivity index (χ0) is 16.4. The minimum atomic E-state index is -0.146. The first-order chi connectivity index (χ1) is 10.9. The normalized spacial score (nSPS) is 50.3. The summed E-state index contributed by atoms with van der Waals surface area (Å²) in [6, 6.07) is 0. The molecule has 0 amide bonds. The first kappa shape index (κ1) is 15.6. The molecular formula is C21H31NO. The van der Waals surface area contributed by atoms with Crippen molar-refractivity contribution in [3.8, 4) is 0 Å². The van der Waals surface area contributed by atoms with E-state index in [9.17, 15) is 4.79 Å². The van der Waals surface area contributed by atoms with Crippen LogP contribution in [0.4, 0.5) is 0 Å². The molecule has 2 nitrogen and oxygen atoms in total. The molecule has 5 unspecified atom stereocenters. The van der Waals surface area contributed by atoms with Crippen LogP contribution in [0.5, 0.6) is 0 Å². The Hall–Kier alpha value is -0.880. The number of carbonyl (C=O) groups excluding carboxylic acids is 1. The summed E-state index contributed by atoms with van der Waals surface area (Å²) in [5.41, 5.74) is 2.00. The third-order valence-corrected chi connectivity index (χ3v) is 8.00. The van der Waals surface area contributed by atoms with Gasteiger partial charge in [0, 0.05) is 0 Å². The van der Waals surface area contributed by atoms with Crippen molar-refractivity contribution in [3.63, 3.8) is 0 Å². The van der Waals surface area contributed by atoms with Crippen molar-refractivity contribution in [1.29, 1.82) is 0 Å². The average Bonchev–Trinajstić information content (AvgIpc) is 2.47. The van der Waals surface area contributed by atoms with E-state index in [1.54, 1.807) is 5.57 Å². The second kappa shape index (κ2) is 5.06. The van der Waals surface area contributed by atoms with Gasteiger partial charge in [-0.15, -0.1) is 0 Å². The lowest BCUT2D eigenvalue weighted by Gasteiger charge is -2.63. The van der Waals surface area contributed by atoms with Crippen LogP contribution in [-0.4, -0.2) is 11.6 Å². The molecule has 0 aliphatic heterocycles. The Balaban J connectivity index is 1.85. The predicted octanol–water partition coefficient (Wildman–Crippen LogP) is 5.15. The summed E-state index contributed by atoms with van der Waals surface area (Å²) in [7, 11) is 0. The predicted molar refractivity (Wildman–Crippen MR) is 92.7 cm³/mol. The summed E-state index contributed by atoms with van der Waals surface area (Å²) in [6.07, 6.45) is 12.0. The highest BCUT2D eigenvalue weighted by atomic mass is 16.1. The van der Waals surface area contributed by atoms with E-state index in [0.717, 1.165) is 24.2 Å². The topological polar surface area (TPSA) is 29.4 Å². The third kappa shape index (κ3) is 2.14. The van der Waals surface area contributed by atoms with Gasteiger partial charge in [-0.3, -0.25) is 0 Å². The number of rotatable bonds is 1. The Morgan fingerprint density at radius 2 is 2.04 bits per heavy atom. The lowest BCUT2D eigenvalue weighted by Crippen LogP contribution is -2.60. The molecule has 0 saturated heterocycles. The lowest BCUT2D eigenvalue weighted by molar-refractivity contribution is -0.0745. The minimum Gasteiger partial charge on any atom is -0.211 e. The summed E-state index contributed by atoms with van der Waals surface area (Å²) >= 11 is 0. The maximum absolute atomic E-state index is 11.3. The molecule has 4 aliphatic rings. The average molecular weight is 313 g/mol. The molecule has 7 atom stereocenters. The number of nitrogens with zero attached hydrogens (tertiary/aromatic N) is 1. The second-order valence-electron chi connectivity index (χ2n) is 9.89. The molecule has 4 aliphatic carbocycles. The molecule has 4 rings (SSSR count). The van der Waals surface area contributed by atoms with E-state index in [-0.39, 0.29) is 5.54 Å². The fourth-order valence-electron chi connectivity index (χ4n) is 7.23. The maximum atomic E-state index is 11.3. The summed E-state index contributed by atoms with van der Waals surface area (Å²) < 4.78 is 0. The van der Waals surface area contributed by atoms with E-state index >= 15 is 0 Å². The summed E-state index contributed by atoms with van der Waals surface area (Å²) in [5.74, 6) is 4.14. The van der Waals surface area contributed by atoms with Gasteiger partial charge in [0.25, 0.3) is 0 Å². The molecule has 2 heteroatoms. The Morgan fingerprint density at radius 3 is 2.78 bits per heavy atom. The lowest BCUT2D eigenvalue weighted by atomic mass is 9.43. The zero-order valence-corrected chi connectivity index (χ0v) is 15.1. The molecule has 23 heavy (non-hydrogen) atoms. The largest absolute Gasteiger partial charge is 0.235 e. The fourth-order valence-corrected chi connectivity index (χ4v) is 7.23. The summed E-state index contributed by atoms with van der Waals surface area (Å²) in [6.45, 7) is 9.67. The maximum Gasteiger partial charge on any atom is 0.235 e. The summed E-state index contributed by atoms with van der Waals surface area (Å²) in [4.78, 5) is 15.9. The van der Waals surface area contributed by atoms with Crippen molar-refractivity contribution < 1.29 is 4.79 Å². The van der Waals surface area contributed by atoms with Crippen molar-refractivity contribution in [2.24, 2.45) is 45.9 Å². The van der Waals surface area contributed by atoms with E-state index in [4.69, 9.17) is 0 Å². The van der Waals surface area contributed by atoms with Crippen molar-refractivity contribution in [2.75, 3.05) is 0 Å². The summed E-state index contributed by atoms with van der Waals surface area (Å²) in [5, 5.41) is 0. The van der Waals surface area contributed by atoms with Crippen LogP contribution in [0.25, 0.3) is 0 Å². The van der Waals surface area contributed by atoms with Gasteiger partial charge < -0.3 is 0 Å². The second-order valence-corrected chi connectivity index (χ2v) is 9.89. The smallest absolute Gasteiger partial charge is 0.211 e. The van der Waals surface area contributed by atoms with Gasteiger partial charge in [-0.05, 0) is 79.4 Å². The van der Waals surface area contributed by atoms with Gasteiger partial charge in [0.1, 0.15) is 0 Å². The Bertz CT molecular complexity index is 585. The van der Waals surface area contributed by atoms with E-state index < -0.39 is 0 Å². The van der Waals surface area contributed by atoms with E-state index in [1.807, 2.05) is 6.08 Å². The monoisotopic (exact) mass is 313 g/mol. The highest BCUT2D eigenvalue weighted by Crippen LogP contribution is 2.65. The zero-order valence-electron chi connectivity index (χ0n) is 15.1. The van der Waals surface area contributed by atoms with Crippen molar-refractivity contribution in [1.82, 2.24) is 0 Å². The molecule has 0 bridgehead atoms. The molecule has 0 aromatic heterocycles. The van der Waals surface area contributed by atoms with Gasteiger partial charge in [-0.2, -0.15) is 4.99 Å². The molecule has 0 N–H and O–H groups in total. The molecule has 0 aromatic rings. The van der Waals surface area contributed by atoms with Crippen molar-refractivity contribution in [2.45, 2.75) is 71.8 Å². The molecular weight excluding hydrogens is 282 g/mol. The number of allylic oxidation sites excluding steroid dienone is 1. The fraction of sp³-hybridized carbons (Fsp3) is 0.857. The number of isocyanates is 1. The first-order valence-corrected chi connectivity index (χ1v) is 9.66. The Labute approximate surface area is 140 Å². The van der Waals surface area contributed by atoms with Crippen LogP contribution in [0, 0.1) is 40.9 Å². The Morgan fingerprint density at radius 1 is 1.26 bits per heavy atom. The quantitative estimate of drug-likeness (QED) is 0.374. The number of hydrogen-bond donors (Lipinski definition) is 0. The molecule has 0 radical (unpaired) electrons. The van der Waals surface area contributed by atoms with Crippen LogP contribution in [0.15, 0.2) is 16.6 Å². The van der Waals surface area contributed by atoms with Gasteiger partial charge in [-0.1, -0.05) is 39.3 Å². The van der Waals surface area contributed by atoms with Gasteiger partial charge in [0.05, 0.1) is 5.54 Å². The standard InChI is InChI=1S/C21H31NO/c1-13-9-16-11-20(3,4)10-15-7-8-21(22-12-23)14(2)5-6-17(13)19(21)18(15)16/h7,13-14,16-19H,5-6,8-11H2,1-4H3/t13?,14?,16-,17?,18?,19-,21?/m0/s1. The van der Waals surface area contributed by atoms with Crippen LogP contribution >= 0.6 is 0 Å². The van der Waals surface area contributed by atoms with Gasteiger partial charge in [0.2, 0.25) is 6.08 Å². The van der Waals surface area contributed by atoms with Crippen molar-refractivity contribution in [3.05, 3.63) is 11.6 Å². The Kier molecular flexibility index (Phi) is 3.44. The van der Waals surface area contributed by atoms with E-state index in [2.05, 4.69) is 38.8 Å².